The molecule has 0 spiro atoms. The quantitative estimate of drug-likeness (QED) is 0.223. The van der Waals surface area contributed by atoms with Crippen LogP contribution in [-0.4, -0.2) is 4.57 Å². The number of hydrogen-bond acceptors (Lipinski definition) is 3. The molecule has 3 nitrogen and oxygen atoms in total. The molecule has 10 rings (SSSR count). The van der Waals surface area contributed by atoms with Crippen LogP contribution in [0.25, 0.3) is 58.8 Å². The van der Waals surface area contributed by atoms with Crippen LogP contribution in [0.1, 0.15) is 11.7 Å². The summed E-state index contributed by atoms with van der Waals surface area (Å²) < 4.78 is 5.14. The molecule has 0 amide bonds. The lowest BCUT2D eigenvalue weighted by atomic mass is 9.87. The number of aromatic nitrogens is 1. The van der Waals surface area contributed by atoms with Crippen molar-refractivity contribution in [3.05, 3.63) is 133 Å². The summed E-state index contributed by atoms with van der Waals surface area (Å²) in [6.45, 7) is 0. The lowest BCUT2D eigenvalue weighted by molar-refractivity contribution is 0.823. The molecule has 1 unspecified atom stereocenters. The van der Waals surface area contributed by atoms with Crippen LogP contribution in [0.3, 0.4) is 0 Å². The Hall–Kier alpha value is -5.06. The minimum atomic E-state index is -0.0206. The fourth-order valence-electron chi connectivity index (χ4n) is 7.33. The molecule has 4 heteroatoms. The summed E-state index contributed by atoms with van der Waals surface area (Å²) >= 11 is 1.89. The molecule has 0 saturated carbocycles. The molecule has 0 radical (unpaired) electrons. The number of rotatable bonds is 1. The van der Waals surface area contributed by atoms with Gasteiger partial charge in [0.25, 0.3) is 0 Å². The average molecular weight is 542 g/mol. The first-order chi connectivity index (χ1) is 20.4. The predicted molar refractivity (Wildman–Crippen MR) is 174 cm³/mol. The summed E-state index contributed by atoms with van der Waals surface area (Å²) in [6, 6.07) is 46.6. The van der Waals surface area contributed by atoms with Crippen molar-refractivity contribution in [1.29, 1.82) is 0 Å². The zero-order valence-electron chi connectivity index (χ0n) is 22.0. The van der Waals surface area contributed by atoms with Gasteiger partial charge >= 0.3 is 0 Å². The summed E-state index contributed by atoms with van der Waals surface area (Å²) in [5.41, 5.74) is 11.3. The molecule has 41 heavy (non-hydrogen) atoms. The van der Waals surface area contributed by atoms with Crippen molar-refractivity contribution in [2.24, 2.45) is 0 Å². The minimum absolute atomic E-state index is 0.0206. The average Bonchev–Trinajstić information content (AvgIpc) is 3.71. The van der Waals surface area contributed by atoms with Crippen LogP contribution in [0, 0.1) is 0 Å². The molecule has 1 N–H and O–H groups in total. The topological polar surface area (TPSA) is 20.2 Å². The highest BCUT2D eigenvalue weighted by molar-refractivity contribution is 7.26. The number of fused-ring (bicyclic) bond motifs is 16. The number of para-hydroxylation sites is 4. The van der Waals surface area contributed by atoms with Gasteiger partial charge in [0.1, 0.15) is 6.17 Å². The van der Waals surface area contributed by atoms with Crippen molar-refractivity contribution < 1.29 is 0 Å². The van der Waals surface area contributed by atoms with Gasteiger partial charge in [0.05, 0.1) is 28.1 Å². The third-order valence-electron chi connectivity index (χ3n) is 8.93. The third kappa shape index (κ3) is 2.73. The Balaban J connectivity index is 1.44. The molecule has 2 aliphatic rings. The van der Waals surface area contributed by atoms with E-state index in [1.54, 1.807) is 0 Å². The zero-order valence-corrected chi connectivity index (χ0v) is 22.8. The van der Waals surface area contributed by atoms with Crippen LogP contribution in [0.15, 0.2) is 127 Å². The number of nitrogens with one attached hydrogen (secondary N) is 1. The Morgan fingerprint density at radius 2 is 1.37 bits per heavy atom. The first-order valence-electron chi connectivity index (χ1n) is 14.1. The normalized spacial score (nSPS) is 15.2. The van der Waals surface area contributed by atoms with Crippen LogP contribution < -0.4 is 10.2 Å². The lowest BCUT2D eigenvalue weighted by Crippen LogP contribution is -2.28. The highest BCUT2D eigenvalue weighted by Crippen LogP contribution is 2.59. The first kappa shape index (κ1) is 21.7. The predicted octanol–water partition coefficient (Wildman–Crippen LogP) is 10.4. The fourth-order valence-corrected chi connectivity index (χ4v) is 8.44. The van der Waals surface area contributed by atoms with Gasteiger partial charge in [-0.25, -0.2) is 0 Å². The number of thiophene rings is 1. The first-order valence-corrected chi connectivity index (χ1v) is 14.9. The molecule has 4 heterocycles. The van der Waals surface area contributed by atoms with Gasteiger partial charge in [-0.05, 0) is 54.1 Å². The van der Waals surface area contributed by atoms with Crippen LogP contribution in [0.2, 0.25) is 0 Å². The highest BCUT2D eigenvalue weighted by atomic mass is 32.1. The van der Waals surface area contributed by atoms with Gasteiger partial charge < -0.3 is 14.8 Å². The molecular weight excluding hydrogens is 518 g/mol. The summed E-state index contributed by atoms with van der Waals surface area (Å²) in [5, 5.41) is 9.19. The standard InChI is InChI=1S/C37H23N3S/c1-2-10-22(11-3-1)39-28-15-7-4-12-23(28)24-18-19-26-33-30(20-21-32-34(33)25-13-5-9-17-31(25)41-32)40-29-16-8-6-14-27(29)38-37(40)35(26)36(24)39/h1-21,37-38H. The summed E-state index contributed by atoms with van der Waals surface area (Å²) in [5.74, 6) is 0. The molecule has 0 bridgehead atoms. The van der Waals surface area contributed by atoms with Crippen molar-refractivity contribution in [2.75, 3.05) is 10.2 Å². The molecule has 2 aliphatic heterocycles. The van der Waals surface area contributed by atoms with Crippen LogP contribution in [0.4, 0.5) is 17.1 Å². The molecule has 6 aromatic carbocycles. The molecule has 8 aromatic rings. The molecule has 0 aliphatic carbocycles. The highest BCUT2D eigenvalue weighted by Gasteiger charge is 2.41. The van der Waals surface area contributed by atoms with Gasteiger partial charge in [0.15, 0.2) is 0 Å². The second-order valence-electron chi connectivity index (χ2n) is 11.0. The van der Waals surface area contributed by atoms with E-state index in [1.165, 1.54) is 81.4 Å². The van der Waals surface area contributed by atoms with Crippen molar-refractivity contribution in [1.82, 2.24) is 4.57 Å². The van der Waals surface area contributed by atoms with Crippen LogP contribution in [-0.2, 0) is 0 Å². The molecular formula is C37H23N3S. The van der Waals surface area contributed by atoms with Gasteiger partial charge in [-0.15, -0.1) is 11.3 Å². The Morgan fingerprint density at radius 3 is 2.29 bits per heavy atom. The summed E-state index contributed by atoms with van der Waals surface area (Å²) in [4.78, 5) is 2.53. The maximum atomic E-state index is 3.94. The van der Waals surface area contributed by atoms with E-state index >= 15 is 0 Å². The van der Waals surface area contributed by atoms with E-state index in [9.17, 15) is 0 Å². The summed E-state index contributed by atoms with van der Waals surface area (Å²) in [7, 11) is 0. The number of benzene rings is 6. The maximum Gasteiger partial charge on any atom is 0.133 e. The van der Waals surface area contributed by atoms with E-state index in [0.717, 1.165) is 0 Å². The molecule has 2 aromatic heterocycles. The van der Waals surface area contributed by atoms with Gasteiger partial charge in [-0.2, -0.15) is 0 Å². The molecule has 0 fully saturated rings. The van der Waals surface area contributed by atoms with Crippen molar-refractivity contribution in [3.8, 4) is 16.8 Å². The SMILES string of the molecule is c1ccc(-n2c3ccccc3c3ccc4c(c32)C2Nc3ccccc3N2c2ccc3sc5ccccc5c3c2-4)cc1. The fraction of sp³-hybridized carbons (Fsp3) is 0.0270. The van der Waals surface area contributed by atoms with Crippen LogP contribution >= 0.6 is 11.3 Å². The van der Waals surface area contributed by atoms with E-state index in [-0.39, 0.29) is 6.17 Å². The van der Waals surface area contributed by atoms with Crippen molar-refractivity contribution in [2.45, 2.75) is 6.17 Å². The van der Waals surface area contributed by atoms with Gasteiger partial charge in [-0.3, -0.25) is 0 Å². The van der Waals surface area contributed by atoms with Crippen LogP contribution in [0.5, 0.6) is 0 Å². The van der Waals surface area contributed by atoms with E-state index < -0.39 is 0 Å². The summed E-state index contributed by atoms with van der Waals surface area (Å²) in [6.07, 6.45) is -0.0206. The zero-order chi connectivity index (χ0) is 26.7. The smallest absolute Gasteiger partial charge is 0.133 e. The number of anilines is 3. The van der Waals surface area contributed by atoms with E-state index in [2.05, 4.69) is 142 Å². The maximum absolute atomic E-state index is 3.94. The third-order valence-corrected chi connectivity index (χ3v) is 10.1. The van der Waals surface area contributed by atoms with Gasteiger partial charge in [0, 0.05) is 47.8 Å². The van der Waals surface area contributed by atoms with Crippen molar-refractivity contribution in [3.63, 3.8) is 0 Å². The Bertz CT molecular complexity index is 2360. The number of hydrogen-bond donors (Lipinski definition) is 1. The lowest BCUT2D eigenvalue weighted by Gasteiger charge is -2.36. The molecule has 192 valence electrons. The Morgan fingerprint density at radius 1 is 0.585 bits per heavy atom. The second kappa shape index (κ2) is 7.78. The minimum Gasteiger partial charge on any atom is -0.359 e. The van der Waals surface area contributed by atoms with Gasteiger partial charge in [-0.1, -0.05) is 78.9 Å². The van der Waals surface area contributed by atoms with E-state index in [4.69, 9.17) is 0 Å². The molecule has 0 saturated heterocycles. The Labute approximate surface area is 240 Å². The largest absolute Gasteiger partial charge is 0.359 e. The second-order valence-corrected chi connectivity index (χ2v) is 12.1. The van der Waals surface area contributed by atoms with Crippen molar-refractivity contribution >= 4 is 70.4 Å². The van der Waals surface area contributed by atoms with Gasteiger partial charge in [0.2, 0.25) is 0 Å². The Kier molecular flexibility index (Phi) is 4.12. The monoisotopic (exact) mass is 541 g/mol. The number of nitrogens with zero attached hydrogens (tertiary/aromatic N) is 2. The van der Waals surface area contributed by atoms with E-state index in [0.29, 0.717) is 0 Å². The molecule has 1 atom stereocenters. The van der Waals surface area contributed by atoms with E-state index in [1.807, 2.05) is 11.3 Å².